The van der Waals surface area contributed by atoms with E-state index in [1.54, 1.807) is 24.0 Å². The van der Waals surface area contributed by atoms with Crippen LogP contribution in [0.3, 0.4) is 0 Å². The number of halogens is 2. The molecule has 0 unspecified atom stereocenters. The second-order valence-electron chi connectivity index (χ2n) is 4.96. The molecule has 0 bridgehead atoms. The number of aryl methyl sites for hydroxylation is 1. The number of benzene rings is 1. The van der Waals surface area contributed by atoms with E-state index in [1.165, 1.54) is 29.8 Å². The van der Waals surface area contributed by atoms with Gasteiger partial charge in [0.15, 0.2) is 17.5 Å². The molecule has 0 radical (unpaired) electrons. The first-order chi connectivity index (χ1) is 11.6. The van der Waals surface area contributed by atoms with E-state index in [2.05, 4.69) is 25.3 Å². The van der Waals surface area contributed by atoms with Crippen LogP contribution in [0.1, 0.15) is 0 Å². The average Bonchev–Trinajstić information content (AvgIpc) is 3.29. The second-order valence-corrected chi connectivity index (χ2v) is 5.96. The molecule has 4 rings (SSSR count). The zero-order valence-corrected chi connectivity index (χ0v) is 13.2. The summed E-state index contributed by atoms with van der Waals surface area (Å²) in [6.45, 7) is 0. The van der Waals surface area contributed by atoms with Crippen molar-refractivity contribution in [2.45, 2.75) is 0 Å². The van der Waals surface area contributed by atoms with Crippen LogP contribution in [0.4, 0.5) is 8.78 Å². The molecule has 0 aliphatic heterocycles. The standard InChI is InChI=1S/C15H10F2N6S/c1-23-10(5-6-20-23)15-21-12(8-3-2-4-9(16)11(8)17)13(24-15)14-18-7-19-22-14/h2-7H,1H3,(H,18,19,22). The summed E-state index contributed by atoms with van der Waals surface area (Å²) >= 11 is 1.29. The van der Waals surface area contributed by atoms with Crippen LogP contribution in [0.25, 0.3) is 32.7 Å². The third kappa shape index (κ3) is 2.29. The Labute approximate surface area is 138 Å². The summed E-state index contributed by atoms with van der Waals surface area (Å²) in [4.78, 5) is 9.16. The molecule has 1 N–H and O–H groups in total. The highest BCUT2D eigenvalue weighted by atomic mass is 32.1. The van der Waals surface area contributed by atoms with E-state index < -0.39 is 11.6 Å². The number of H-pyrrole nitrogens is 1. The number of hydrogen-bond acceptors (Lipinski definition) is 5. The lowest BCUT2D eigenvalue weighted by Crippen LogP contribution is -1.94. The van der Waals surface area contributed by atoms with Gasteiger partial charge in [0.25, 0.3) is 0 Å². The topological polar surface area (TPSA) is 72.3 Å². The van der Waals surface area contributed by atoms with Gasteiger partial charge in [-0.1, -0.05) is 6.07 Å². The average molecular weight is 344 g/mol. The number of thiazole rings is 1. The zero-order valence-electron chi connectivity index (χ0n) is 12.4. The van der Waals surface area contributed by atoms with Crippen molar-refractivity contribution >= 4 is 11.3 Å². The highest BCUT2D eigenvalue weighted by molar-refractivity contribution is 7.18. The van der Waals surface area contributed by atoms with Gasteiger partial charge in [-0.25, -0.2) is 18.7 Å². The Morgan fingerprint density at radius 2 is 2.08 bits per heavy atom. The number of nitrogens with zero attached hydrogens (tertiary/aromatic N) is 5. The van der Waals surface area contributed by atoms with Crippen LogP contribution in [-0.2, 0) is 7.05 Å². The van der Waals surface area contributed by atoms with Crippen molar-refractivity contribution in [3.8, 4) is 32.7 Å². The lowest BCUT2D eigenvalue weighted by Gasteiger charge is -2.02. The predicted octanol–water partition coefficient (Wildman–Crippen LogP) is 3.27. The van der Waals surface area contributed by atoms with Gasteiger partial charge in [-0.2, -0.15) is 10.2 Å². The minimum atomic E-state index is -0.948. The predicted molar refractivity (Wildman–Crippen MR) is 85.0 cm³/mol. The number of aromatic amines is 1. The highest BCUT2D eigenvalue weighted by Gasteiger charge is 2.22. The molecule has 0 fully saturated rings. The van der Waals surface area contributed by atoms with E-state index in [0.29, 0.717) is 21.4 Å². The molecule has 0 aliphatic carbocycles. The second kappa shape index (κ2) is 5.60. The molecule has 6 nitrogen and oxygen atoms in total. The van der Waals surface area contributed by atoms with Crippen molar-refractivity contribution in [3.63, 3.8) is 0 Å². The summed E-state index contributed by atoms with van der Waals surface area (Å²) in [6.07, 6.45) is 3.07. The lowest BCUT2D eigenvalue weighted by atomic mass is 10.1. The molecule has 3 aromatic heterocycles. The molecule has 3 heterocycles. The molecular weight excluding hydrogens is 334 g/mol. The Kier molecular flexibility index (Phi) is 3.42. The first-order valence-electron chi connectivity index (χ1n) is 6.95. The molecule has 0 aliphatic rings. The van der Waals surface area contributed by atoms with Gasteiger partial charge < -0.3 is 0 Å². The summed E-state index contributed by atoms with van der Waals surface area (Å²) in [6, 6.07) is 5.79. The fourth-order valence-electron chi connectivity index (χ4n) is 2.35. The van der Waals surface area contributed by atoms with Gasteiger partial charge >= 0.3 is 0 Å². The minimum Gasteiger partial charge on any atom is -0.266 e. The summed E-state index contributed by atoms with van der Waals surface area (Å²) in [5, 5.41) is 11.4. The van der Waals surface area contributed by atoms with Gasteiger partial charge in [0, 0.05) is 18.8 Å². The van der Waals surface area contributed by atoms with E-state index >= 15 is 0 Å². The maximum Gasteiger partial charge on any atom is 0.193 e. The Hall–Kier alpha value is -2.94. The molecule has 120 valence electrons. The largest absolute Gasteiger partial charge is 0.266 e. The van der Waals surface area contributed by atoms with Crippen LogP contribution in [0, 0.1) is 11.6 Å². The molecule has 0 spiro atoms. The van der Waals surface area contributed by atoms with Crippen molar-refractivity contribution < 1.29 is 8.78 Å². The molecule has 0 amide bonds. The van der Waals surface area contributed by atoms with Crippen LogP contribution < -0.4 is 0 Å². The van der Waals surface area contributed by atoms with Gasteiger partial charge in [0.1, 0.15) is 16.2 Å². The minimum absolute atomic E-state index is 0.0690. The molecular formula is C15H10F2N6S. The Morgan fingerprint density at radius 1 is 1.21 bits per heavy atom. The number of nitrogens with one attached hydrogen (secondary N) is 1. The SMILES string of the molecule is Cn1nccc1-c1nc(-c2cccc(F)c2F)c(-c2nc[nH]n2)s1. The van der Waals surface area contributed by atoms with Gasteiger partial charge in [0.05, 0.1) is 11.4 Å². The summed E-state index contributed by atoms with van der Waals surface area (Å²) in [5.41, 5.74) is 1.13. The third-order valence-electron chi connectivity index (χ3n) is 3.49. The highest BCUT2D eigenvalue weighted by Crippen LogP contribution is 2.39. The normalized spacial score (nSPS) is 11.1. The van der Waals surface area contributed by atoms with E-state index in [-0.39, 0.29) is 5.56 Å². The monoisotopic (exact) mass is 344 g/mol. The quantitative estimate of drug-likeness (QED) is 0.619. The van der Waals surface area contributed by atoms with Crippen molar-refractivity contribution in [1.29, 1.82) is 0 Å². The molecule has 1 aromatic carbocycles. The third-order valence-corrected chi connectivity index (χ3v) is 4.57. The van der Waals surface area contributed by atoms with Gasteiger partial charge in [0.2, 0.25) is 0 Å². The molecule has 24 heavy (non-hydrogen) atoms. The van der Waals surface area contributed by atoms with Crippen LogP contribution in [0.15, 0.2) is 36.8 Å². The number of hydrogen-bond donors (Lipinski definition) is 1. The zero-order chi connectivity index (χ0) is 16.7. The van der Waals surface area contributed by atoms with E-state index in [4.69, 9.17) is 0 Å². The summed E-state index contributed by atoms with van der Waals surface area (Å²) in [5.74, 6) is -1.50. The first-order valence-corrected chi connectivity index (χ1v) is 7.76. The molecule has 0 atom stereocenters. The lowest BCUT2D eigenvalue weighted by molar-refractivity contribution is 0.511. The van der Waals surface area contributed by atoms with Crippen LogP contribution in [0.5, 0.6) is 0 Å². The Morgan fingerprint density at radius 3 is 2.79 bits per heavy atom. The number of rotatable bonds is 3. The smallest absolute Gasteiger partial charge is 0.193 e. The van der Waals surface area contributed by atoms with E-state index in [0.717, 1.165) is 11.8 Å². The van der Waals surface area contributed by atoms with Gasteiger partial charge in [-0.15, -0.1) is 11.3 Å². The molecule has 9 heteroatoms. The van der Waals surface area contributed by atoms with Gasteiger partial charge in [-0.3, -0.25) is 9.78 Å². The summed E-state index contributed by atoms with van der Waals surface area (Å²) in [7, 11) is 1.78. The van der Waals surface area contributed by atoms with Crippen LogP contribution in [0.2, 0.25) is 0 Å². The van der Waals surface area contributed by atoms with E-state index in [1.807, 2.05) is 0 Å². The van der Waals surface area contributed by atoms with Crippen molar-refractivity contribution in [3.05, 3.63) is 48.4 Å². The maximum absolute atomic E-state index is 14.3. The van der Waals surface area contributed by atoms with Gasteiger partial charge in [-0.05, 0) is 18.2 Å². The summed E-state index contributed by atoms with van der Waals surface area (Å²) < 4.78 is 29.6. The molecule has 0 saturated carbocycles. The molecule has 4 aromatic rings. The molecule has 0 saturated heterocycles. The van der Waals surface area contributed by atoms with Crippen molar-refractivity contribution in [1.82, 2.24) is 29.9 Å². The Bertz CT molecular complexity index is 1010. The van der Waals surface area contributed by atoms with Crippen LogP contribution in [-0.4, -0.2) is 29.9 Å². The Balaban J connectivity index is 1.97. The van der Waals surface area contributed by atoms with Crippen LogP contribution >= 0.6 is 11.3 Å². The fraction of sp³-hybridized carbons (Fsp3) is 0.0667. The van der Waals surface area contributed by atoms with E-state index in [9.17, 15) is 8.78 Å². The van der Waals surface area contributed by atoms with Crippen molar-refractivity contribution in [2.24, 2.45) is 7.05 Å². The fourth-order valence-corrected chi connectivity index (χ4v) is 3.43. The maximum atomic E-state index is 14.3. The van der Waals surface area contributed by atoms with Crippen molar-refractivity contribution in [2.75, 3.05) is 0 Å². The first kappa shape index (κ1) is 14.6. The number of aromatic nitrogens is 6.